The van der Waals surface area contributed by atoms with Crippen molar-refractivity contribution in [3.8, 4) is 11.5 Å². The zero-order valence-corrected chi connectivity index (χ0v) is 12.3. The molecule has 1 aromatic heterocycles. The van der Waals surface area contributed by atoms with Crippen LogP contribution >= 0.6 is 11.6 Å². The van der Waals surface area contributed by atoms with Gasteiger partial charge in [-0.1, -0.05) is 11.6 Å². The molecule has 112 valence electrons. The molecular formula is C12H13ClN4O4. The number of anilines is 1. The molecule has 9 heteroatoms. The zero-order chi connectivity index (χ0) is 15.6. The van der Waals surface area contributed by atoms with Crippen molar-refractivity contribution in [2.24, 2.45) is 7.05 Å². The van der Waals surface area contributed by atoms with Crippen LogP contribution in [0, 0.1) is 0 Å². The molecule has 0 saturated heterocycles. The number of rotatable bonds is 4. The van der Waals surface area contributed by atoms with Crippen molar-refractivity contribution in [2.75, 3.05) is 19.5 Å². The van der Waals surface area contributed by atoms with Crippen LogP contribution < -0.4 is 20.5 Å². The molecule has 0 radical (unpaired) electrons. The molecule has 0 aliphatic rings. The Morgan fingerprint density at radius 2 is 2.00 bits per heavy atom. The van der Waals surface area contributed by atoms with Crippen molar-refractivity contribution in [3.63, 3.8) is 0 Å². The number of hydrogen-bond donors (Lipinski definition) is 2. The molecule has 0 unspecified atom stereocenters. The van der Waals surface area contributed by atoms with Crippen LogP contribution in [0.3, 0.4) is 0 Å². The summed E-state index contributed by atoms with van der Waals surface area (Å²) in [6, 6.07) is 3.03. The Bertz CT molecular complexity index is 737. The maximum absolute atomic E-state index is 12.0. The van der Waals surface area contributed by atoms with Gasteiger partial charge >= 0.3 is 5.69 Å². The number of halogens is 1. The van der Waals surface area contributed by atoms with Crippen LogP contribution in [-0.2, 0) is 7.05 Å². The van der Waals surface area contributed by atoms with Crippen molar-refractivity contribution in [1.29, 1.82) is 0 Å². The number of ether oxygens (including phenoxy) is 2. The van der Waals surface area contributed by atoms with Crippen LogP contribution in [0.4, 0.5) is 5.69 Å². The number of hydrogen-bond acceptors (Lipinski definition) is 5. The quantitative estimate of drug-likeness (QED) is 0.878. The van der Waals surface area contributed by atoms with Crippen LogP contribution in [-0.4, -0.2) is 34.9 Å². The Morgan fingerprint density at radius 3 is 2.52 bits per heavy atom. The molecule has 0 aliphatic carbocycles. The Morgan fingerprint density at radius 1 is 1.33 bits per heavy atom. The summed E-state index contributed by atoms with van der Waals surface area (Å²) in [5, 5.41) is 6.68. The van der Waals surface area contributed by atoms with Crippen LogP contribution in [0.5, 0.6) is 11.5 Å². The second-order valence-electron chi connectivity index (χ2n) is 4.04. The van der Waals surface area contributed by atoms with Crippen molar-refractivity contribution in [1.82, 2.24) is 14.8 Å². The predicted octanol–water partition coefficient (Wildman–Crippen LogP) is 1.03. The SMILES string of the molecule is COc1cc(NC(=O)c2nn(C)c(=O)[nH]2)c(OC)cc1Cl. The Balaban J connectivity index is 2.34. The molecular weight excluding hydrogens is 300 g/mol. The van der Waals surface area contributed by atoms with Crippen LogP contribution in [0.1, 0.15) is 10.6 Å². The average molecular weight is 313 g/mol. The van der Waals surface area contributed by atoms with Crippen LogP contribution in [0.25, 0.3) is 0 Å². The number of H-pyrrole nitrogens is 1. The van der Waals surface area contributed by atoms with E-state index in [0.29, 0.717) is 22.2 Å². The van der Waals surface area contributed by atoms with E-state index in [-0.39, 0.29) is 5.82 Å². The fraction of sp³-hybridized carbons (Fsp3) is 0.250. The molecule has 2 N–H and O–H groups in total. The predicted molar refractivity (Wildman–Crippen MR) is 76.3 cm³/mol. The maximum Gasteiger partial charge on any atom is 0.343 e. The molecule has 1 heterocycles. The minimum absolute atomic E-state index is 0.113. The molecule has 2 aromatic rings. The third kappa shape index (κ3) is 3.00. The number of methoxy groups -OCH3 is 2. The van der Waals surface area contributed by atoms with Gasteiger partial charge in [0.15, 0.2) is 0 Å². The average Bonchev–Trinajstić information content (AvgIpc) is 2.80. The number of nitrogens with one attached hydrogen (secondary N) is 2. The summed E-state index contributed by atoms with van der Waals surface area (Å²) in [7, 11) is 4.33. The number of aromatic nitrogens is 3. The van der Waals surface area contributed by atoms with E-state index in [0.717, 1.165) is 4.68 Å². The van der Waals surface area contributed by atoms with E-state index >= 15 is 0 Å². The smallest absolute Gasteiger partial charge is 0.343 e. The van der Waals surface area contributed by atoms with E-state index in [1.807, 2.05) is 0 Å². The summed E-state index contributed by atoms with van der Waals surface area (Å²) in [4.78, 5) is 25.6. The van der Waals surface area contributed by atoms with Gasteiger partial charge in [0.1, 0.15) is 11.5 Å². The van der Waals surface area contributed by atoms with Crippen molar-refractivity contribution in [3.05, 3.63) is 33.5 Å². The van der Waals surface area contributed by atoms with Crippen LogP contribution in [0.2, 0.25) is 5.02 Å². The molecule has 0 saturated carbocycles. The first-order chi connectivity index (χ1) is 9.96. The van der Waals surface area contributed by atoms with Crippen LogP contribution in [0.15, 0.2) is 16.9 Å². The summed E-state index contributed by atoms with van der Waals surface area (Å²) in [5.74, 6) is 0.0311. The van der Waals surface area contributed by atoms with Gasteiger partial charge in [-0.3, -0.25) is 9.78 Å². The van der Waals surface area contributed by atoms with E-state index in [1.165, 1.54) is 33.4 Å². The summed E-state index contributed by atoms with van der Waals surface area (Å²) < 4.78 is 11.2. The first-order valence-corrected chi connectivity index (χ1v) is 6.20. The van der Waals surface area contributed by atoms with E-state index < -0.39 is 11.6 Å². The molecule has 0 atom stereocenters. The molecule has 1 amide bonds. The van der Waals surface area contributed by atoms with Crippen molar-refractivity contribution < 1.29 is 14.3 Å². The second-order valence-corrected chi connectivity index (χ2v) is 4.45. The number of carbonyl (C=O) groups excluding carboxylic acids is 1. The number of benzene rings is 1. The van der Waals surface area contributed by atoms with Gasteiger partial charge in [-0.05, 0) is 0 Å². The monoisotopic (exact) mass is 312 g/mol. The van der Waals surface area contributed by atoms with Crippen molar-refractivity contribution >= 4 is 23.2 Å². The van der Waals surface area contributed by atoms with Gasteiger partial charge in [0.2, 0.25) is 5.82 Å². The number of carbonyl (C=O) groups is 1. The summed E-state index contributed by atoms with van der Waals surface area (Å²) in [5.41, 5.74) is -0.143. The highest BCUT2D eigenvalue weighted by Crippen LogP contribution is 2.35. The third-order valence-electron chi connectivity index (χ3n) is 2.71. The fourth-order valence-corrected chi connectivity index (χ4v) is 1.88. The van der Waals surface area contributed by atoms with Crippen molar-refractivity contribution in [2.45, 2.75) is 0 Å². The molecule has 8 nitrogen and oxygen atoms in total. The number of amides is 1. The lowest BCUT2D eigenvalue weighted by Gasteiger charge is -2.12. The Kier molecular flexibility index (Phi) is 4.18. The van der Waals surface area contributed by atoms with Gasteiger partial charge in [-0.15, -0.1) is 5.10 Å². The van der Waals surface area contributed by atoms with Gasteiger partial charge in [0.05, 0.1) is 24.9 Å². The lowest BCUT2D eigenvalue weighted by Crippen LogP contribution is -2.15. The van der Waals surface area contributed by atoms with Gasteiger partial charge in [-0.25, -0.2) is 9.48 Å². The summed E-state index contributed by atoms with van der Waals surface area (Å²) in [6.45, 7) is 0. The molecule has 2 rings (SSSR count). The standard InChI is InChI=1S/C12H13ClN4O4/c1-17-12(19)15-10(16-17)11(18)14-7-5-8(20-2)6(13)4-9(7)21-3/h4-5H,1-3H3,(H,14,18)(H,15,16,19). The zero-order valence-electron chi connectivity index (χ0n) is 11.6. The molecule has 0 spiro atoms. The highest BCUT2D eigenvalue weighted by atomic mass is 35.5. The topological polar surface area (TPSA) is 98.2 Å². The normalized spacial score (nSPS) is 10.3. The maximum atomic E-state index is 12.0. The Labute approximate surface area is 124 Å². The van der Waals surface area contributed by atoms with Gasteiger partial charge in [-0.2, -0.15) is 0 Å². The van der Waals surface area contributed by atoms with Gasteiger partial charge in [0, 0.05) is 19.2 Å². The third-order valence-corrected chi connectivity index (χ3v) is 3.00. The second kappa shape index (κ2) is 5.88. The van der Waals surface area contributed by atoms with E-state index in [9.17, 15) is 9.59 Å². The Hall–Kier alpha value is -2.48. The number of aromatic amines is 1. The fourth-order valence-electron chi connectivity index (χ4n) is 1.64. The highest BCUT2D eigenvalue weighted by molar-refractivity contribution is 6.32. The first-order valence-electron chi connectivity index (χ1n) is 5.82. The molecule has 1 aromatic carbocycles. The van der Waals surface area contributed by atoms with E-state index in [1.54, 1.807) is 0 Å². The molecule has 0 bridgehead atoms. The van der Waals surface area contributed by atoms with Gasteiger partial charge < -0.3 is 14.8 Å². The molecule has 0 fully saturated rings. The highest BCUT2D eigenvalue weighted by Gasteiger charge is 2.16. The summed E-state index contributed by atoms with van der Waals surface area (Å²) in [6.07, 6.45) is 0. The number of aryl methyl sites for hydroxylation is 1. The van der Waals surface area contributed by atoms with E-state index in [4.69, 9.17) is 21.1 Å². The molecule has 0 aliphatic heterocycles. The minimum atomic E-state index is -0.588. The molecule has 21 heavy (non-hydrogen) atoms. The van der Waals surface area contributed by atoms with E-state index in [2.05, 4.69) is 15.4 Å². The van der Waals surface area contributed by atoms with Gasteiger partial charge in [0.25, 0.3) is 5.91 Å². The first kappa shape index (κ1) is 14.9. The minimum Gasteiger partial charge on any atom is -0.495 e. The summed E-state index contributed by atoms with van der Waals surface area (Å²) >= 11 is 5.98. The largest absolute Gasteiger partial charge is 0.495 e. The number of nitrogens with zero attached hydrogens (tertiary/aromatic N) is 2. The lowest BCUT2D eigenvalue weighted by atomic mass is 10.2. The lowest BCUT2D eigenvalue weighted by molar-refractivity contribution is 0.101.